The third-order valence-electron chi connectivity index (χ3n) is 3.46. The lowest BCUT2D eigenvalue weighted by atomic mass is 10.00. The van der Waals surface area contributed by atoms with E-state index in [0.29, 0.717) is 5.69 Å². The Morgan fingerprint density at radius 3 is 2.78 bits per heavy atom. The quantitative estimate of drug-likeness (QED) is 0.632. The molecule has 0 aromatic heterocycles. The molecule has 4 heteroatoms. The largest absolute Gasteiger partial charge is 0.506 e. The van der Waals surface area contributed by atoms with Crippen molar-refractivity contribution in [1.82, 2.24) is 4.90 Å². The highest BCUT2D eigenvalue weighted by molar-refractivity contribution is 5.53. The van der Waals surface area contributed by atoms with Crippen LogP contribution in [-0.4, -0.2) is 36.8 Å². The number of phenols is 1. The Morgan fingerprint density at radius 2 is 2.11 bits per heavy atom. The van der Waals surface area contributed by atoms with Crippen molar-refractivity contribution in [2.75, 3.05) is 32.5 Å². The molecule has 0 aliphatic carbocycles. The molecule has 0 saturated carbocycles. The number of aromatic hydroxyl groups is 1. The van der Waals surface area contributed by atoms with E-state index in [1.807, 2.05) is 12.1 Å². The van der Waals surface area contributed by atoms with Crippen LogP contribution in [-0.2, 0) is 11.3 Å². The smallest absolute Gasteiger partial charge is 0.138 e. The summed E-state index contributed by atoms with van der Waals surface area (Å²) in [5.41, 5.74) is 7.29. The van der Waals surface area contributed by atoms with Crippen LogP contribution in [0, 0.1) is 5.92 Å². The number of hydrogen-bond donors (Lipinski definition) is 2. The van der Waals surface area contributed by atoms with Gasteiger partial charge < -0.3 is 20.5 Å². The summed E-state index contributed by atoms with van der Waals surface area (Å²) >= 11 is 0. The number of nitrogen functional groups attached to an aromatic ring is 1. The first-order chi connectivity index (χ1) is 8.65. The van der Waals surface area contributed by atoms with Crippen molar-refractivity contribution in [2.45, 2.75) is 19.4 Å². The van der Waals surface area contributed by atoms with Crippen LogP contribution in [0.4, 0.5) is 5.69 Å². The summed E-state index contributed by atoms with van der Waals surface area (Å²) in [5, 5.41) is 9.39. The van der Waals surface area contributed by atoms with Gasteiger partial charge in [-0.25, -0.2) is 0 Å². The zero-order valence-electron chi connectivity index (χ0n) is 10.9. The van der Waals surface area contributed by atoms with Gasteiger partial charge in [0.05, 0.1) is 5.69 Å². The maximum atomic E-state index is 9.39. The van der Waals surface area contributed by atoms with Crippen LogP contribution < -0.4 is 5.73 Å². The summed E-state index contributed by atoms with van der Waals surface area (Å²) in [5.74, 6) is 0.893. The van der Waals surface area contributed by atoms with E-state index in [-0.39, 0.29) is 5.75 Å². The van der Waals surface area contributed by atoms with Crippen molar-refractivity contribution in [2.24, 2.45) is 5.92 Å². The lowest BCUT2D eigenvalue weighted by Gasteiger charge is -2.27. The highest BCUT2D eigenvalue weighted by Crippen LogP contribution is 2.22. The van der Waals surface area contributed by atoms with Crippen molar-refractivity contribution in [1.29, 1.82) is 0 Å². The number of hydrogen-bond acceptors (Lipinski definition) is 4. The summed E-state index contributed by atoms with van der Waals surface area (Å²) < 4.78 is 5.37. The molecule has 0 radical (unpaired) electrons. The minimum Gasteiger partial charge on any atom is -0.506 e. The number of anilines is 1. The van der Waals surface area contributed by atoms with Crippen LogP contribution >= 0.6 is 0 Å². The molecule has 4 nitrogen and oxygen atoms in total. The molecule has 0 amide bonds. The summed E-state index contributed by atoms with van der Waals surface area (Å²) in [6.07, 6.45) is 2.31. The first kappa shape index (κ1) is 13.2. The van der Waals surface area contributed by atoms with Gasteiger partial charge in [-0.1, -0.05) is 6.07 Å². The van der Waals surface area contributed by atoms with E-state index in [2.05, 4.69) is 11.9 Å². The maximum Gasteiger partial charge on any atom is 0.138 e. The number of nitrogens with two attached hydrogens (primary N) is 1. The van der Waals surface area contributed by atoms with Gasteiger partial charge in [-0.2, -0.15) is 0 Å². The summed E-state index contributed by atoms with van der Waals surface area (Å²) in [7, 11) is 2.12. The Hall–Kier alpha value is -1.26. The number of rotatable bonds is 4. The monoisotopic (exact) mass is 250 g/mol. The molecule has 1 aliphatic rings. The second-order valence-electron chi connectivity index (χ2n) is 5.15. The van der Waals surface area contributed by atoms with Crippen LogP contribution in [0.25, 0.3) is 0 Å². The SMILES string of the molecule is CN(Cc1ccc(O)c(N)c1)CC1CCOCC1. The van der Waals surface area contributed by atoms with Crippen molar-refractivity contribution in [3.63, 3.8) is 0 Å². The van der Waals surface area contributed by atoms with Crippen LogP contribution in [0.5, 0.6) is 5.75 Å². The standard InChI is InChI=1S/C14H22N2O2/c1-16(9-11-4-6-18-7-5-11)10-12-2-3-14(17)13(15)8-12/h2-3,8,11,17H,4-7,9-10,15H2,1H3. The van der Waals surface area contributed by atoms with E-state index >= 15 is 0 Å². The lowest BCUT2D eigenvalue weighted by molar-refractivity contribution is 0.0549. The normalized spacial score (nSPS) is 17.2. The molecule has 0 spiro atoms. The maximum absolute atomic E-state index is 9.39. The van der Waals surface area contributed by atoms with E-state index in [1.54, 1.807) is 6.07 Å². The Kier molecular flexibility index (Phi) is 4.44. The first-order valence-corrected chi connectivity index (χ1v) is 6.49. The molecule has 1 fully saturated rings. The number of benzene rings is 1. The van der Waals surface area contributed by atoms with Crippen LogP contribution in [0.1, 0.15) is 18.4 Å². The lowest BCUT2D eigenvalue weighted by Crippen LogP contribution is -2.29. The van der Waals surface area contributed by atoms with Crippen LogP contribution in [0.3, 0.4) is 0 Å². The van der Waals surface area contributed by atoms with Crippen molar-refractivity contribution >= 4 is 5.69 Å². The molecular formula is C14H22N2O2. The fraction of sp³-hybridized carbons (Fsp3) is 0.571. The first-order valence-electron chi connectivity index (χ1n) is 6.49. The zero-order valence-corrected chi connectivity index (χ0v) is 10.9. The minimum absolute atomic E-state index is 0.158. The van der Waals surface area contributed by atoms with E-state index in [0.717, 1.165) is 50.6 Å². The van der Waals surface area contributed by atoms with Gasteiger partial charge in [-0.3, -0.25) is 0 Å². The molecular weight excluding hydrogens is 228 g/mol. The molecule has 0 atom stereocenters. The summed E-state index contributed by atoms with van der Waals surface area (Å²) in [6.45, 7) is 3.74. The van der Waals surface area contributed by atoms with E-state index in [9.17, 15) is 5.11 Å². The van der Waals surface area contributed by atoms with Gasteiger partial charge in [0.2, 0.25) is 0 Å². The fourth-order valence-electron chi connectivity index (χ4n) is 2.45. The molecule has 1 heterocycles. The van der Waals surface area contributed by atoms with Gasteiger partial charge >= 0.3 is 0 Å². The van der Waals surface area contributed by atoms with Crippen LogP contribution in [0.15, 0.2) is 18.2 Å². The molecule has 2 rings (SSSR count). The van der Waals surface area contributed by atoms with Gasteiger partial charge in [-0.05, 0) is 43.5 Å². The van der Waals surface area contributed by atoms with Crippen molar-refractivity contribution in [3.05, 3.63) is 23.8 Å². The van der Waals surface area contributed by atoms with Crippen LogP contribution in [0.2, 0.25) is 0 Å². The molecule has 100 valence electrons. The number of nitrogens with zero attached hydrogens (tertiary/aromatic N) is 1. The Morgan fingerprint density at radius 1 is 1.39 bits per heavy atom. The molecule has 1 aliphatic heterocycles. The molecule has 1 aromatic carbocycles. The van der Waals surface area contributed by atoms with Gasteiger partial charge in [0.1, 0.15) is 5.75 Å². The topological polar surface area (TPSA) is 58.7 Å². The summed E-state index contributed by atoms with van der Waals surface area (Å²) in [4.78, 5) is 2.31. The number of phenolic OH excluding ortho intramolecular Hbond substituents is 1. The average molecular weight is 250 g/mol. The Bertz CT molecular complexity index is 389. The van der Waals surface area contributed by atoms with Gasteiger partial charge in [0.15, 0.2) is 0 Å². The van der Waals surface area contributed by atoms with Gasteiger partial charge in [0.25, 0.3) is 0 Å². The highest BCUT2D eigenvalue weighted by atomic mass is 16.5. The molecule has 18 heavy (non-hydrogen) atoms. The van der Waals surface area contributed by atoms with Crippen molar-refractivity contribution in [3.8, 4) is 5.75 Å². The Balaban J connectivity index is 1.85. The molecule has 1 saturated heterocycles. The summed E-state index contributed by atoms with van der Waals surface area (Å²) in [6, 6.07) is 5.43. The number of ether oxygens (including phenoxy) is 1. The molecule has 0 bridgehead atoms. The van der Waals surface area contributed by atoms with Gasteiger partial charge in [0, 0.05) is 26.3 Å². The third-order valence-corrected chi connectivity index (χ3v) is 3.46. The second-order valence-corrected chi connectivity index (χ2v) is 5.15. The highest BCUT2D eigenvalue weighted by Gasteiger charge is 2.15. The molecule has 1 aromatic rings. The van der Waals surface area contributed by atoms with E-state index in [1.165, 1.54) is 0 Å². The third kappa shape index (κ3) is 3.62. The van der Waals surface area contributed by atoms with E-state index < -0.39 is 0 Å². The molecule has 3 N–H and O–H groups in total. The zero-order chi connectivity index (χ0) is 13.0. The minimum atomic E-state index is 0.158. The molecule has 0 unspecified atom stereocenters. The van der Waals surface area contributed by atoms with E-state index in [4.69, 9.17) is 10.5 Å². The average Bonchev–Trinajstić information content (AvgIpc) is 2.35. The predicted molar refractivity (Wildman–Crippen MR) is 72.4 cm³/mol. The van der Waals surface area contributed by atoms with Gasteiger partial charge in [-0.15, -0.1) is 0 Å². The second kappa shape index (κ2) is 6.07. The fourth-order valence-corrected chi connectivity index (χ4v) is 2.45. The van der Waals surface area contributed by atoms with Crippen molar-refractivity contribution < 1.29 is 9.84 Å². The predicted octanol–water partition coefficient (Wildman–Crippen LogP) is 1.83. The Labute approximate surface area is 108 Å².